The highest BCUT2D eigenvalue weighted by Gasteiger charge is 2.24. The van der Waals surface area contributed by atoms with E-state index in [2.05, 4.69) is 10.3 Å². The Bertz CT molecular complexity index is 931. The third-order valence-corrected chi connectivity index (χ3v) is 5.25. The van der Waals surface area contributed by atoms with Crippen molar-refractivity contribution in [3.05, 3.63) is 35.3 Å². The largest absolute Gasteiger partial charge is 0.450 e. The van der Waals surface area contributed by atoms with E-state index in [1.54, 1.807) is 21.1 Å². The van der Waals surface area contributed by atoms with Crippen LogP contribution in [0.15, 0.2) is 18.3 Å². The summed E-state index contributed by atoms with van der Waals surface area (Å²) in [5.74, 6) is -0.157. The SMILES string of the molecule is CCOC(=O)N1CCN(C(=O)CCCNC(=O)c2c(C)nc3c(C)cccn23)CC1. The zero-order valence-electron chi connectivity index (χ0n) is 17.8. The fraction of sp³-hybridized carbons (Fsp3) is 0.524. The number of ether oxygens (including phenoxy) is 1. The first kappa shape index (κ1) is 21.6. The highest BCUT2D eigenvalue weighted by Crippen LogP contribution is 2.15. The molecule has 2 aromatic rings. The van der Waals surface area contributed by atoms with Gasteiger partial charge in [0.25, 0.3) is 5.91 Å². The molecule has 0 spiro atoms. The molecule has 0 radical (unpaired) electrons. The van der Waals surface area contributed by atoms with Gasteiger partial charge in [-0.1, -0.05) is 6.07 Å². The molecule has 1 N–H and O–H groups in total. The van der Waals surface area contributed by atoms with E-state index in [9.17, 15) is 14.4 Å². The highest BCUT2D eigenvalue weighted by atomic mass is 16.6. The molecule has 0 unspecified atom stereocenters. The van der Waals surface area contributed by atoms with Crippen molar-refractivity contribution >= 4 is 23.6 Å². The standard InChI is InChI=1S/C21H29N5O4/c1-4-30-21(29)25-13-11-24(12-14-25)17(27)8-5-9-22-20(28)18-16(3)23-19-15(2)7-6-10-26(18)19/h6-7,10H,4-5,8-9,11-14H2,1-3H3,(H,22,28). The van der Waals surface area contributed by atoms with Crippen molar-refractivity contribution in [2.45, 2.75) is 33.6 Å². The number of rotatable bonds is 6. The molecule has 1 aliphatic heterocycles. The number of pyridine rings is 1. The fourth-order valence-electron chi connectivity index (χ4n) is 3.63. The van der Waals surface area contributed by atoms with Crippen LogP contribution in [-0.2, 0) is 9.53 Å². The summed E-state index contributed by atoms with van der Waals surface area (Å²) in [5, 5.41) is 2.89. The third-order valence-electron chi connectivity index (χ3n) is 5.25. The molecule has 3 amide bonds. The number of piperazine rings is 1. The first-order chi connectivity index (χ1) is 14.4. The molecular formula is C21H29N5O4. The Balaban J connectivity index is 1.44. The number of nitrogens with zero attached hydrogens (tertiary/aromatic N) is 4. The molecule has 9 nitrogen and oxygen atoms in total. The average molecular weight is 415 g/mol. The van der Waals surface area contributed by atoms with Crippen LogP contribution in [0.1, 0.15) is 41.5 Å². The van der Waals surface area contributed by atoms with E-state index in [4.69, 9.17) is 4.74 Å². The number of aryl methyl sites for hydroxylation is 2. The minimum absolute atomic E-state index is 0.0364. The van der Waals surface area contributed by atoms with Gasteiger partial charge >= 0.3 is 6.09 Å². The van der Waals surface area contributed by atoms with Crippen molar-refractivity contribution in [3.8, 4) is 0 Å². The molecule has 30 heavy (non-hydrogen) atoms. The Morgan fingerprint density at radius 1 is 1.13 bits per heavy atom. The number of imidazole rings is 1. The maximum absolute atomic E-state index is 12.6. The number of hydrogen-bond donors (Lipinski definition) is 1. The molecule has 0 atom stereocenters. The molecular weight excluding hydrogens is 386 g/mol. The van der Waals surface area contributed by atoms with Gasteiger partial charge in [0, 0.05) is 45.3 Å². The van der Waals surface area contributed by atoms with E-state index in [-0.39, 0.29) is 17.9 Å². The summed E-state index contributed by atoms with van der Waals surface area (Å²) >= 11 is 0. The van der Waals surface area contributed by atoms with Gasteiger partial charge in [0.1, 0.15) is 11.3 Å². The second-order valence-corrected chi connectivity index (χ2v) is 7.36. The van der Waals surface area contributed by atoms with Crippen molar-refractivity contribution in [1.29, 1.82) is 0 Å². The number of hydrogen-bond acceptors (Lipinski definition) is 5. The lowest BCUT2D eigenvalue weighted by Gasteiger charge is -2.34. The highest BCUT2D eigenvalue weighted by molar-refractivity contribution is 5.94. The van der Waals surface area contributed by atoms with Gasteiger partial charge < -0.3 is 19.9 Å². The lowest BCUT2D eigenvalue weighted by molar-refractivity contribution is -0.132. The summed E-state index contributed by atoms with van der Waals surface area (Å²) < 4.78 is 6.79. The Morgan fingerprint density at radius 2 is 1.83 bits per heavy atom. The van der Waals surface area contributed by atoms with Gasteiger partial charge in [0.2, 0.25) is 5.91 Å². The normalized spacial score (nSPS) is 14.1. The van der Waals surface area contributed by atoms with Crippen molar-refractivity contribution in [2.75, 3.05) is 39.3 Å². The van der Waals surface area contributed by atoms with Crippen molar-refractivity contribution in [1.82, 2.24) is 24.5 Å². The zero-order chi connectivity index (χ0) is 21.7. The maximum Gasteiger partial charge on any atom is 0.409 e. The Kier molecular flexibility index (Phi) is 6.91. The zero-order valence-corrected chi connectivity index (χ0v) is 17.8. The molecule has 2 aromatic heterocycles. The molecule has 162 valence electrons. The van der Waals surface area contributed by atoms with Gasteiger partial charge in [-0.05, 0) is 38.8 Å². The average Bonchev–Trinajstić information content (AvgIpc) is 3.08. The topological polar surface area (TPSA) is 96.2 Å². The summed E-state index contributed by atoms with van der Waals surface area (Å²) in [6.07, 6.45) is 2.41. The predicted octanol–water partition coefficient (Wildman–Crippen LogP) is 1.76. The monoisotopic (exact) mass is 415 g/mol. The summed E-state index contributed by atoms with van der Waals surface area (Å²) in [6.45, 7) is 8.28. The second kappa shape index (κ2) is 9.60. The van der Waals surface area contributed by atoms with Gasteiger partial charge in [-0.25, -0.2) is 9.78 Å². The number of carbonyl (C=O) groups is 3. The van der Waals surface area contributed by atoms with Crippen LogP contribution in [0.2, 0.25) is 0 Å². The van der Waals surface area contributed by atoms with Crippen LogP contribution < -0.4 is 5.32 Å². The van der Waals surface area contributed by atoms with E-state index in [1.807, 2.05) is 32.2 Å². The first-order valence-electron chi connectivity index (χ1n) is 10.3. The van der Waals surface area contributed by atoms with Crippen LogP contribution in [0.3, 0.4) is 0 Å². The molecule has 1 fully saturated rings. The van der Waals surface area contributed by atoms with E-state index in [0.29, 0.717) is 63.6 Å². The van der Waals surface area contributed by atoms with Gasteiger partial charge in [-0.3, -0.25) is 14.0 Å². The van der Waals surface area contributed by atoms with Crippen LogP contribution in [0, 0.1) is 13.8 Å². The first-order valence-corrected chi connectivity index (χ1v) is 10.3. The predicted molar refractivity (Wildman–Crippen MR) is 111 cm³/mol. The minimum atomic E-state index is -0.329. The summed E-state index contributed by atoms with van der Waals surface area (Å²) in [4.78, 5) is 44.6. The summed E-state index contributed by atoms with van der Waals surface area (Å²) in [6, 6.07) is 3.85. The number of amides is 3. The molecule has 1 saturated heterocycles. The molecule has 0 aromatic carbocycles. The van der Waals surface area contributed by atoms with Crippen LogP contribution in [0.4, 0.5) is 4.79 Å². The number of carbonyl (C=O) groups excluding carboxylic acids is 3. The molecule has 3 rings (SSSR count). The van der Waals surface area contributed by atoms with Crippen molar-refractivity contribution in [2.24, 2.45) is 0 Å². The molecule has 0 aliphatic carbocycles. The lowest BCUT2D eigenvalue weighted by atomic mass is 10.2. The third kappa shape index (κ3) is 4.72. The van der Waals surface area contributed by atoms with Gasteiger partial charge in [0.05, 0.1) is 12.3 Å². The van der Waals surface area contributed by atoms with E-state index in [1.165, 1.54) is 0 Å². The van der Waals surface area contributed by atoms with Crippen molar-refractivity contribution < 1.29 is 19.1 Å². The molecule has 3 heterocycles. The summed E-state index contributed by atoms with van der Waals surface area (Å²) in [5.41, 5.74) is 2.98. The molecule has 1 aliphatic rings. The van der Waals surface area contributed by atoms with Crippen LogP contribution in [0.25, 0.3) is 5.65 Å². The molecule has 0 bridgehead atoms. The van der Waals surface area contributed by atoms with E-state index >= 15 is 0 Å². The molecule has 0 saturated carbocycles. The Labute approximate surface area is 176 Å². The van der Waals surface area contributed by atoms with Crippen LogP contribution >= 0.6 is 0 Å². The lowest BCUT2D eigenvalue weighted by Crippen LogP contribution is -2.50. The fourth-order valence-corrected chi connectivity index (χ4v) is 3.63. The van der Waals surface area contributed by atoms with Crippen molar-refractivity contribution in [3.63, 3.8) is 0 Å². The van der Waals surface area contributed by atoms with Crippen LogP contribution in [0.5, 0.6) is 0 Å². The summed E-state index contributed by atoms with van der Waals surface area (Å²) in [7, 11) is 0. The Morgan fingerprint density at radius 3 is 2.53 bits per heavy atom. The van der Waals surface area contributed by atoms with Gasteiger partial charge in [0.15, 0.2) is 0 Å². The Hall–Kier alpha value is -3.10. The number of nitrogens with one attached hydrogen (secondary N) is 1. The second-order valence-electron chi connectivity index (χ2n) is 7.36. The quantitative estimate of drug-likeness (QED) is 0.726. The number of aromatic nitrogens is 2. The minimum Gasteiger partial charge on any atom is -0.450 e. The van der Waals surface area contributed by atoms with E-state index in [0.717, 1.165) is 11.2 Å². The maximum atomic E-state index is 12.6. The van der Waals surface area contributed by atoms with E-state index < -0.39 is 0 Å². The van der Waals surface area contributed by atoms with Crippen LogP contribution in [-0.4, -0.2) is 76.4 Å². The molecule has 9 heteroatoms. The van der Waals surface area contributed by atoms with Gasteiger partial charge in [-0.2, -0.15) is 0 Å². The smallest absolute Gasteiger partial charge is 0.409 e. The number of fused-ring (bicyclic) bond motifs is 1. The van der Waals surface area contributed by atoms with Gasteiger partial charge in [-0.15, -0.1) is 0 Å².